The smallest absolute Gasteiger partial charge is 0.208 e. The normalized spacial score (nSPS) is 13.7. The fourth-order valence-electron chi connectivity index (χ4n) is 1.12. The molecule has 1 atom stereocenters. The zero-order valence-corrected chi connectivity index (χ0v) is 11.8. The second-order valence-corrected chi connectivity index (χ2v) is 6.19. The Morgan fingerprint density at radius 1 is 1.59 bits per heavy atom. The van der Waals surface area contributed by atoms with Crippen LogP contribution in [0.1, 0.15) is 19.8 Å². The summed E-state index contributed by atoms with van der Waals surface area (Å²) in [6, 6.07) is 0. The molecular formula is C9H17N5OS2. The van der Waals surface area contributed by atoms with Crippen molar-refractivity contribution in [2.75, 3.05) is 19.0 Å². The molecule has 0 aliphatic heterocycles. The van der Waals surface area contributed by atoms with Crippen molar-refractivity contribution >= 4 is 34.1 Å². The van der Waals surface area contributed by atoms with Crippen molar-refractivity contribution in [1.29, 1.82) is 0 Å². The molecule has 0 saturated carbocycles. The van der Waals surface area contributed by atoms with Crippen LogP contribution in [0.25, 0.3) is 0 Å². The topological polar surface area (TPSA) is 87.6 Å². The van der Waals surface area contributed by atoms with Gasteiger partial charge in [-0.05, 0) is 6.42 Å². The molecule has 0 spiro atoms. The molecule has 0 fully saturated rings. The lowest BCUT2D eigenvalue weighted by atomic mass is 10.2. The lowest BCUT2D eigenvalue weighted by Gasteiger charge is -2.10. The molecule has 0 aromatic carbocycles. The van der Waals surface area contributed by atoms with E-state index < -0.39 is 0 Å². The number of aromatic nitrogens is 2. The monoisotopic (exact) mass is 275 g/mol. The molecule has 1 unspecified atom stereocenters. The summed E-state index contributed by atoms with van der Waals surface area (Å²) in [5.41, 5.74) is 5.50. The van der Waals surface area contributed by atoms with E-state index in [0.29, 0.717) is 6.42 Å². The molecule has 0 aliphatic rings. The van der Waals surface area contributed by atoms with Gasteiger partial charge in [0.2, 0.25) is 5.13 Å². The molecule has 0 bridgehead atoms. The average Bonchev–Trinajstić information content (AvgIpc) is 2.76. The minimum Gasteiger partial charge on any atom is -0.409 e. The van der Waals surface area contributed by atoms with E-state index in [2.05, 4.69) is 22.3 Å². The molecule has 8 heteroatoms. The number of oxime groups is 1. The van der Waals surface area contributed by atoms with Crippen LogP contribution in [0, 0.1) is 0 Å². The van der Waals surface area contributed by atoms with E-state index in [1.807, 2.05) is 19.0 Å². The van der Waals surface area contributed by atoms with Gasteiger partial charge in [-0.1, -0.05) is 35.2 Å². The number of nitrogens with two attached hydrogens (primary N) is 1. The molecule has 96 valence electrons. The van der Waals surface area contributed by atoms with Gasteiger partial charge >= 0.3 is 0 Å². The van der Waals surface area contributed by atoms with Crippen LogP contribution in [0.3, 0.4) is 0 Å². The van der Waals surface area contributed by atoms with Crippen LogP contribution >= 0.6 is 23.1 Å². The van der Waals surface area contributed by atoms with Gasteiger partial charge in [-0.2, -0.15) is 0 Å². The first-order chi connectivity index (χ1) is 8.06. The summed E-state index contributed by atoms with van der Waals surface area (Å²) < 4.78 is 0.909. The fourth-order valence-corrected chi connectivity index (χ4v) is 3.24. The Morgan fingerprint density at radius 3 is 2.76 bits per heavy atom. The Hall–Kier alpha value is -1.02. The Morgan fingerprint density at radius 2 is 2.29 bits per heavy atom. The van der Waals surface area contributed by atoms with E-state index in [0.717, 1.165) is 15.9 Å². The van der Waals surface area contributed by atoms with Gasteiger partial charge in [0, 0.05) is 25.8 Å². The Kier molecular flexibility index (Phi) is 5.49. The van der Waals surface area contributed by atoms with Crippen molar-refractivity contribution < 1.29 is 5.21 Å². The minimum atomic E-state index is 0.252. The number of hydrogen-bond acceptors (Lipinski definition) is 7. The zero-order valence-electron chi connectivity index (χ0n) is 10.1. The van der Waals surface area contributed by atoms with Gasteiger partial charge in [-0.15, -0.1) is 10.2 Å². The summed E-state index contributed by atoms with van der Waals surface area (Å²) in [6.45, 7) is 2.07. The van der Waals surface area contributed by atoms with Gasteiger partial charge < -0.3 is 15.8 Å². The average molecular weight is 275 g/mol. The number of rotatable bonds is 6. The third kappa shape index (κ3) is 4.39. The van der Waals surface area contributed by atoms with Crippen molar-refractivity contribution in [2.45, 2.75) is 29.4 Å². The third-order valence-electron chi connectivity index (χ3n) is 2.07. The predicted octanol–water partition coefficient (Wildman–Crippen LogP) is 1.61. The first-order valence-corrected chi connectivity index (χ1v) is 6.90. The van der Waals surface area contributed by atoms with E-state index in [1.165, 1.54) is 0 Å². The largest absolute Gasteiger partial charge is 0.409 e. The molecule has 6 nitrogen and oxygen atoms in total. The van der Waals surface area contributed by atoms with Crippen molar-refractivity contribution in [3.8, 4) is 0 Å². The molecule has 1 aromatic rings. The van der Waals surface area contributed by atoms with Crippen LogP contribution < -0.4 is 10.6 Å². The minimum absolute atomic E-state index is 0.252. The van der Waals surface area contributed by atoms with Gasteiger partial charge in [0.1, 0.15) is 5.84 Å². The van der Waals surface area contributed by atoms with Gasteiger partial charge in [0.25, 0.3) is 0 Å². The fraction of sp³-hybridized carbons (Fsp3) is 0.667. The van der Waals surface area contributed by atoms with Crippen LogP contribution in [0.4, 0.5) is 5.13 Å². The second kappa shape index (κ2) is 6.65. The summed E-state index contributed by atoms with van der Waals surface area (Å²) in [7, 11) is 3.87. The van der Waals surface area contributed by atoms with Crippen molar-refractivity contribution in [1.82, 2.24) is 10.2 Å². The molecule has 0 amide bonds. The maximum absolute atomic E-state index is 8.54. The van der Waals surface area contributed by atoms with Crippen LogP contribution in [0.2, 0.25) is 0 Å². The second-order valence-electron chi connectivity index (χ2n) is 3.69. The molecule has 0 aliphatic carbocycles. The van der Waals surface area contributed by atoms with Crippen LogP contribution in [-0.4, -0.2) is 40.6 Å². The lowest BCUT2D eigenvalue weighted by Crippen LogP contribution is -2.18. The van der Waals surface area contributed by atoms with Gasteiger partial charge in [-0.25, -0.2) is 0 Å². The summed E-state index contributed by atoms with van der Waals surface area (Å²) in [5.74, 6) is 0.252. The lowest BCUT2D eigenvalue weighted by molar-refractivity contribution is 0.316. The molecule has 0 radical (unpaired) electrons. The standard InChI is InChI=1S/C9H17N5OS2/c1-4-6(5-7(10)13-15)16-9-12-11-8(17-9)14(2)3/h6,15H,4-5H2,1-3H3,(H2,10,13). The third-order valence-corrected chi connectivity index (χ3v) is 4.61. The highest BCUT2D eigenvalue weighted by atomic mass is 32.2. The number of hydrogen-bond donors (Lipinski definition) is 2. The van der Waals surface area contributed by atoms with Gasteiger partial charge in [-0.3, -0.25) is 0 Å². The van der Waals surface area contributed by atoms with E-state index in [9.17, 15) is 0 Å². The number of amidine groups is 1. The maximum atomic E-state index is 8.54. The number of thioether (sulfide) groups is 1. The molecule has 1 aromatic heterocycles. The van der Waals surface area contributed by atoms with E-state index in [-0.39, 0.29) is 11.1 Å². The Balaban J connectivity index is 2.61. The Labute approximate surface area is 109 Å². The highest BCUT2D eigenvalue weighted by molar-refractivity contribution is 8.01. The van der Waals surface area contributed by atoms with E-state index in [1.54, 1.807) is 23.1 Å². The summed E-state index contributed by atoms with van der Waals surface area (Å²) in [5, 5.41) is 20.8. The Bertz CT molecular complexity index is 379. The quantitative estimate of drug-likeness (QED) is 0.270. The molecule has 0 saturated heterocycles. The van der Waals surface area contributed by atoms with Gasteiger partial charge in [0.15, 0.2) is 4.34 Å². The molecule has 1 heterocycles. The van der Waals surface area contributed by atoms with Crippen molar-refractivity contribution in [3.63, 3.8) is 0 Å². The first-order valence-electron chi connectivity index (χ1n) is 5.20. The number of anilines is 1. The number of nitrogens with zero attached hydrogens (tertiary/aromatic N) is 4. The molecule has 1 rings (SSSR count). The molecule has 3 N–H and O–H groups in total. The maximum Gasteiger partial charge on any atom is 0.208 e. The summed E-state index contributed by atoms with van der Waals surface area (Å²) in [4.78, 5) is 1.92. The highest BCUT2D eigenvalue weighted by Crippen LogP contribution is 2.32. The van der Waals surface area contributed by atoms with Crippen LogP contribution in [0.5, 0.6) is 0 Å². The van der Waals surface area contributed by atoms with Gasteiger partial charge in [0.05, 0.1) is 0 Å². The first kappa shape index (κ1) is 14.0. The van der Waals surface area contributed by atoms with Crippen molar-refractivity contribution in [2.24, 2.45) is 10.9 Å². The van der Waals surface area contributed by atoms with Crippen LogP contribution in [-0.2, 0) is 0 Å². The molecule has 17 heavy (non-hydrogen) atoms. The zero-order chi connectivity index (χ0) is 12.8. The summed E-state index contributed by atoms with van der Waals surface area (Å²) >= 11 is 3.16. The van der Waals surface area contributed by atoms with E-state index in [4.69, 9.17) is 10.9 Å². The molecular weight excluding hydrogens is 258 g/mol. The highest BCUT2D eigenvalue weighted by Gasteiger charge is 2.14. The SMILES string of the molecule is CCC(CC(N)=NO)Sc1nnc(N(C)C)s1. The van der Waals surface area contributed by atoms with Crippen LogP contribution in [0.15, 0.2) is 9.50 Å². The summed E-state index contributed by atoms with van der Waals surface area (Å²) in [6.07, 6.45) is 1.48. The predicted molar refractivity (Wildman–Crippen MR) is 72.2 cm³/mol. The van der Waals surface area contributed by atoms with Crippen molar-refractivity contribution in [3.05, 3.63) is 0 Å². The van der Waals surface area contributed by atoms with E-state index >= 15 is 0 Å².